The highest BCUT2D eigenvalue weighted by atomic mass is 16.4. The third-order valence-electron chi connectivity index (χ3n) is 3.39. The van der Waals surface area contributed by atoms with Crippen LogP contribution in [0, 0.1) is 0 Å². The molecular formula is C18H32O2. The molecule has 0 unspecified atom stereocenters. The summed E-state index contributed by atoms with van der Waals surface area (Å²) in [5.74, 6) is -0.845. The highest BCUT2D eigenvalue weighted by molar-refractivity contribution is 5.79. The van der Waals surface area contributed by atoms with Crippen LogP contribution in [0.5, 0.6) is 0 Å². The number of carboxylic acid groups (broad SMARTS) is 1. The first-order chi connectivity index (χ1) is 9.77. The molecule has 0 aromatic heterocycles. The zero-order valence-electron chi connectivity index (χ0n) is 13.2. The van der Waals surface area contributed by atoms with E-state index < -0.39 is 5.97 Å². The summed E-state index contributed by atoms with van der Waals surface area (Å²) in [6, 6.07) is 0. The highest BCUT2D eigenvalue weighted by Crippen LogP contribution is 2.08. The monoisotopic (exact) mass is 280 g/mol. The second-order valence-corrected chi connectivity index (χ2v) is 5.41. The van der Waals surface area contributed by atoms with Crippen molar-refractivity contribution >= 4 is 5.97 Å². The lowest BCUT2D eigenvalue weighted by molar-refractivity contribution is -0.131. The van der Waals surface area contributed by atoms with E-state index in [9.17, 15) is 4.79 Å². The van der Waals surface area contributed by atoms with Crippen molar-refractivity contribution in [3.63, 3.8) is 0 Å². The number of hydrogen-bond acceptors (Lipinski definition) is 1. The molecule has 0 saturated carbocycles. The van der Waals surface area contributed by atoms with E-state index in [4.69, 9.17) is 5.11 Å². The quantitative estimate of drug-likeness (QED) is 0.245. The fourth-order valence-electron chi connectivity index (χ4n) is 2.16. The molecule has 0 atom stereocenters. The summed E-state index contributed by atoms with van der Waals surface area (Å²) in [6.07, 6.45) is 22.6. The standard InChI is InChI=1S/C18H32O2/c1-2-3-4-5-6-7-8-9-10-11-12-13-14-15-16-17-18(19)20/h9-10,16-17H,2-8,11-15H2,1H3,(H,19,20)/b10-9?,17-16-. The maximum atomic E-state index is 10.2. The molecule has 2 heteroatoms. The number of carboxylic acids is 1. The van der Waals surface area contributed by atoms with E-state index in [0.29, 0.717) is 0 Å². The number of unbranched alkanes of at least 4 members (excludes halogenated alkanes) is 10. The lowest BCUT2D eigenvalue weighted by Gasteiger charge is -1.98. The van der Waals surface area contributed by atoms with Gasteiger partial charge in [-0.25, -0.2) is 4.79 Å². The fraction of sp³-hybridized carbons (Fsp3) is 0.722. The minimum absolute atomic E-state index is 0.845. The number of rotatable bonds is 14. The molecule has 0 amide bonds. The number of allylic oxidation sites excluding steroid dienone is 3. The van der Waals surface area contributed by atoms with E-state index >= 15 is 0 Å². The highest BCUT2D eigenvalue weighted by Gasteiger charge is 1.89. The van der Waals surface area contributed by atoms with Gasteiger partial charge < -0.3 is 5.11 Å². The first-order valence-electron chi connectivity index (χ1n) is 8.31. The van der Waals surface area contributed by atoms with Crippen molar-refractivity contribution in [1.29, 1.82) is 0 Å². The Labute approximate surface area is 125 Å². The predicted octanol–water partition coefficient (Wildman–Crippen LogP) is 5.88. The van der Waals surface area contributed by atoms with Gasteiger partial charge in [-0.15, -0.1) is 0 Å². The normalized spacial score (nSPS) is 11.7. The summed E-state index contributed by atoms with van der Waals surface area (Å²) in [5.41, 5.74) is 0. The first kappa shape index (κ1) is 18.9. The number of carbonyl (C=O) groups is 1. The van der Waals surface area contributed by atoms with Crippen LogP contribution in [0.1, 0.15) is 84.0 Å². The fourth-order valence-corrected chi connectivity index (χ4v) is 2.16. The maximum absolute atomic E-state index is 10.2. The average molecular weight is 280 g/mol. The number of hydrogen-bond donors (Lipinski definition) is 1. The Kier molecular flexibility index (Phi) is 15.2. The van der Waals surface area contributed by atoms with E-state index in [1.165, 1.54) is 70.3 Å². The summed E-state index contributed by atoms with van der Waals surface area (Å²) >= 11 is 0. The third-order valence-corrected chi connectivity index (χ3v) is 3.39. The van der Waals surface area contributed by atoms with Crippen molar-refractivity contribution in [1.82, 2.24) is 0 Å². The minimum Gasteiger partial charge on any atom is -0.478 e. The molecule has 0 aromatic carbocycles. The third kappa shape index (κ3) is 16.9. The van der Waals surface area contributed by atoms with Crippen molar-refractivity contribution < 1.29 is 9.90 Å². The molecule has 0 aliphatic rings. The molecule has 0 aliphatic carbocycles. The Hall–Kier alpha value is -1.05. The molecule has 0 rings (SSSR count). The summed E-state index contributed by atoms with van der Waals surface area (Å²) in [4.78, 5) is 10.2. The maximum Gasteiger partial charge on any atom is 0.327 e. The number of aliphatic carboxylic acids is 1. The van der Waals surface area contributed by atoms with Crippen molar-refractivity contribution in [3.05, 3.63) is 24.3 Å². The Bertz CT molecular complexity index is 267. The molecule has 1 N–H and O–H groups in total. The van der Waals surface area contributed by atoms with Crippen molar-refractivity contribution in [3.8, 4) is 0 Å². The second kappa shape index (κ2) is 16.0. The van der Waals surface area contributed by atoms with Gasteiger partial charge in [-0.2, -0.15) is 0 Å². The van der Waals surface area contributed by atoms with Gasteiger partial charge in [0.25, 0.3) is 0 Å². The van der Waals surface area contributed by atoms with E-state index in [0.717, 1.165) is 12.8 Å². The van der Waals surface area contributed by atoms with Crippen LogP contribution in [0.2, 0.25) is 0 Å². The largest absolute Gasteiger partial charge is 0.478 e. The van der Waals surface area contributed by atoms with E-state index in [2.05, 4.69) is 19.1 Å². The average Bonchev–Trinajstić information content (AvgIpc) is 2.43. The Morgan fingerprint density at radius 3 is 1.75 bits per heavy atom. The lowest BCUT2D eigenvalue weighted by atomic mass is 10.1. The Morgan fingerprint density at radius 2 is 1.20 bits per heavy atom. The summed E-state index contributed by atoms with van der Waals surface area (Å²) < 4.78 is 0. The Balaban J connectivity index is 3.14. The molecule has 0 aliphatic heterocycles. The van der Waals surface area contributed by atoms with Gasteiger partial charge in [0.05, 0.1) is 0 Å². The van der Waals surface area contributed by atoms with Gasteiger partial charge in [-0.05, 0) is 38.5 Å². The summed E-state index contributed by atoms with van der Waals surface area (Å²) in [7, 11) is 0. The molecule has 0 spiro atoms. The molecule has 0 bridgehead atoms. The smallest absolute Gasteiger partial charge is 0.327 e. The molecule has 0 radical (unpaired) electrons. The van der Waals surface area contributed by atoms with Gasteiger partial charge in [-0.1, -0.05) is 63.7 Å². The van der Waals surface area contributed by atoms with Gasteiger partial charge in [0.1, 0.15) is 0 Å². The zero-order valence-corrected chi connectivity index (χ0v) is 13.2. The van der Waals surface area contributed by atoms with Crippen LogP contribution < -0.4 is 0 Å². The lowest BCUT2D eigenvalue weighted by Crippen LogP contribution is -1.85. The zero-order chi connectivity index (χ0) is 14.9. The van der Waals surface area contributed by atoms with Crippen LogP contribution in [0.25, 0.3) is 0 Å². The van der Waals surface area contributed by atoms with Gasteiger partial charge in [0.15, 0.2) is 0 Å². The molecule has 0 fully saturated rings. The molecule has 20 heavy (non-hydrogen) atoms. The van der Waals surface area contributed by atoms with Crippen LogP contribution in [-0.2, 0) is 4.79 Å². The van der Waals surface area contributed by atoms with Gasteiger partial charge >= 0.3 is 5.97 Å². The topological polar surface area (TPSA) is 37.3 Å². The minimum atomic E-state index is -0.845. The van der Waals surface area contributed by atoms with Crippen LogP contribution in [0.15, 0.2) is 24.3 Å². The molecule has 0 heterocycles. The predicted molar refractivity (Wildman–Crippen MR) is 87.0 cm³/mol. The van der Waals surface area contributed by atoms with Crippen molar-refractivity contribution in [2.75, 3.05) is 0 Å². The molecule has 2 nitrogen and oxygen atoms in total. The van der Waals surface area contributed by atoms with Crippen LogP contribution in [-0.4, -0.2) is 11.1 Å². The first-order valence-corrected chi connectivity index (χ1v) is 8.31. The van der Waals surface area contributed by atoms with Crippen LogP contribution >= 0.6 is 0 Å². The Morgan fingerprint density at radius 1 is 0.750 bits per heavy atom. The molecule has 116 valence electrons. The second-order valence-electron chi connectivity index (χ2n) is 5.41. The van der Waals surface area contributed by atoms with E-state index in [-0.39, 0.29) is 0 Å². The van der Waals surface area contributed by atoms with Gasteiger partial charge in [0.2, 0.25) is 0 Å². The summed E-state index contributed by atoms with van der Waals surface area (Å²) in [6.45, 7) is 2.26. The van der Waals surface area contributed by atoms with Gasteiger partial charge in [0, 0.05) is 6.08 Å². The van der Waals surface area contributed by atoms with Gasteiger partial charge in [-0.3, -0.25) is 0 Å². The van der Waals surface area contributed by atoms with E-state index in [1.807, 2.05) is 0 Å². The van der Waals surface area contributed by atoms with Crippen LogP contribution in [0.3, 0.4) is 0 Å². The molecular weight excluding hydrogens is 248 g/mol. The molecule has 0 saturated heterocycles. The van der Waals surface area contributed by atoms with Crippen molar-refractivity contribution in [2.45, 2.75) is 84.0 Å². The molecule has 0 aromatic rings. The summed E-state index contributed by atoms with van der Waals surface area (Å²) in [5, 5.41) is 8.42. The SMILES string of the molecule is CCCCCCCCC=CCCCCC/C=C\C(=O)O. The van der Waals surface area contributed by atoms with Crippen molar-refractivity contribution in [2.24, 2.45) is 0 Å². The van der Waals surface area contributed by atoms with Crippen LogP contribution in [0.4, 0.5) is 0 Å². The van der Waals surface area contributed by atoms with E-state index in [1.54, 1.807) is 6.08 Å².